The van der Waals surface area contributed by atoms with Crippen molar-refractivity contribution in [2.24, 2.45) is 0 Å². The van der Waals surface area contributed by atoms with Crippen LogP contribution < -0.4 is 0 Å². The summed E-state index contributed by atoms with van der Waals surface area (Å²) in [5.41, 5.74) is 0. The Bertz CT molecular complexity index is 1660. The summed E-state index contributed by atoms with van der Waals surface area (Å²) in [5, 5.41) is 0. The molecule has 0 saturated carbocycles. The van der Waals surface area contributed by atoms with E-state index >= 15 is 0 Å². The van der Waals surface area contributed by atoms with Crippen LogP contribution in [0.2, 0.25) is 0 Å². The van der Waals surface area contributed by atoms with E-state index in [1.54, 1.807) is 0 Å². The molecular formula is C77H132O6. The van der Waals surface area contributed by atoms with Gasteiger partial charge in [0.05, 0.1) is 0 Å². The summed E-state index contributed by atoms with van der Waals surface area (Å²) in [6, 6.07) is 0. The van der Waals surface area contributed by atoms with Gasteiger partial charge in [0.15, 0.2) is 6.10 Å². The quantitative estimate of drug-likeness (QED) is 0.0261. The van der Waals surface area contributed by atoms with Crippen molar-refractivity contribution in [1.29, 1.82) is 0 Å². The minimum atomic E-state index is -0.788. The normalized spacial score (nSPS) is 12.8. The molecule has 83 heavy (non-hydrogen) atoms. The number of esters is 3. The highest BCUT2D eigenvalue weighted by atomic mass is 16.6. The molecule has 0 rings (SSSR count). The molecule has 0 aliphatic rings. The fourth-order valence-corrected chi connectivity index (χ4v) is 9.94. The molecule has 1 atom stereocenters. The van der Waals surface area contributed by atoms with Crippen LogP contribution in [0.25, 0.3) is 0 Å². The highest BCUT2D eigenvalue weighted by Gasteiger charge is 2.19. The van der Waals surface area contributed by atoms with Crippen molar-refractivity contribution in [3.63, 3.8) is 0 Å². The van der Waals surface area contributed by atoms with Crippen molar-refractivity contribution in [3.8, 4) is 0 Å². The molecule has 0 aliphatic carbocycles. The monoisotopic (exact) mass is 1150 g/mol. The molecule has 0 heterocycles. The highest BCUT2D eigenvalue weighted by Crippen LogP contribution is 2.17. The number of unbranched alkanes of at least 4 members (excludes halogenated alkanes) is 35. The fraction of sp³-hybridized carbons (Fsp3) is 0.727. The lowest BCUT2D eigenvalue weighted by atomic mass is 10.0. The van der Waals surface area contributed by atoms with Gasteiger partial charge in [0.1, 0.15) is 13.2 Å². The average molecular weight is 1150 g/mol. The van der Waals surface area contributed by atoms with Gasteiger partial charge in [0.25, 0.3) is 0 Å². The summed E-state index contributed by atoms with van der Waals surface area (Å²) in [5.74, 6) is -0.888. The number of carbonyl (C=O) groups is 3. The van der Waals surface area contributed by atoms with Crippen LogP contribution in [0.15, 0.2) is 109 Å². The number of allylic oxidation sites excluding steroid dienone is 18. The summed E-state index contributed by atoms with van der Waals surface area (Å²) in [6.07, 6.45) is 96.8. The second kappa shape index (κ2) is 70.6. The van der Waals surface area contributed by atoms with Crippen LogP contribution in [0.3, 0.4) is 0 Å². The minimum Gasteiger partial charge on any atom is -0.462 e. The number of ether oxygens (including phenoxy) is 3. The standard InChI is InChI=1S/C77H132O6/c1-4-7-10-13-16-19-22-25-27-29-31-33-35-37-38-40-41-43-45-47-49-52-55-58-61-64-67-70-76(79)82-73-74(72-81-75(78)69-66-63-60-57-54-51-24-21-18-15-12-9-6-3)83-77(80)71-68-65-62-59-56-53-50-48-46-44-42-39-36-34-32-30-28-26-23-20-17-14-11-8-5-2/h7,10,16,19,21,23-27,30-33,37-38,41,43,74H,4-6,8-9,11-15,17-18,20,22,28-29,34-36,39-40,42,44-73H2,1-3H3/b10-7-,19-16-,24-21-,26-23-,27-25-,32-30-,33-31-,38-37-,43-41-. The molecule has 6 nitrogen and oxygen atoms in total. The van der Waals surface area contributed by atoms with Gasteiger partial charge >= 0.3 is 17.9 Å². The van der Waals surface area contributed by atoms with Crippen molar-refractivity contribution in [2.75, 3.05) is 13.2 Å². The van der Waals surface area contributed by atoms with Gasteiger partial charge in [-0.25, -0.2) is 0 Å². The van der Waals surface area contributed by atoms with Crippen LogP contribution in [0.4, 0.5) is 0 Å². The Balaban J connectivity index is 4.32. The zero-order valence-corrected chi connectivity index (χ0v) is 54.7. The van der Waals surface area contributed by atoms with E-state index in [1.807, 2.05) is 0 Å². The smallest absolute Gasteiger partial charge is 0.306 e. The van der Waals surface area contributed by atoms with E-state index in [9.17, 15) is 14.4 Å². The third kappa shape index (κ3) is 68.7. The second-order valence-electron chi connectivity index (χ2n) is 23.4. The largest absolute Gasteiger partial charge is 0.462 e. The van der Waals surface area contributed by atoms with E-state index in [-0.39, 0.29) is 31.1 Å². The Labute approximate surface area is 514 Å². The van der Waals surface area contributed by atoms with Gasteiger partial charge in [0.2, 0.25) is 0 Å². The van der Waals surface area contributed by atoms with Gasteiger partial charge in [-0.2, -0.15) is 0 Å². The average Bonchev–Trinajstić information content (AvgIpc) is 3.49. The number of hydrogen-bond donors (Lipinski definition) is 0. The Kier molecular flexibility index (Phi) is 67.2. The molecule has 0 fully saturated rings. The Morgan fingerprint density at radius 2 is 0.470 bits per heavy atom. The van der Waals surface area contributed by atoms with Gasteiger partial charge in [0, 0.05) is 19.3 Å². The molecule has 0 spiro atoms. The number of hydrogen-bond acceptors (Lipinski definition) is 6. The van der Waals surface area contributed by atoms with E-state index < -0.39 is 6.10 Å². The molecule has 1 unspecified atom stereocenters. The Hall–Kier alpha value is -3.93. The SMILES string of the molecule is CC/C=C\C/C=C\C/C=C\C/C=C\C/C=C\C/C=C\CCCCCCCCCCC(=O)OCC(COC(=O)CCCCCCC/C=C\CCCCCC)OC(=O)CCCCCCCCCCCCCCC/C=C\C/C=C\CCCCCCC. The molecule has 0 aromatic heterocycles. The van der Waals surface area contributed by atoms with Gasteiger partial charge in [-0.05, 0) is 128 Å². The van der Waals surface area contributed by atoms with Gasteiger partial charge in [-0.15, -0.1) is 0 Å². The van der Waals surface area contributed by atoms with Crippen LogP contribution >= 0.6 is 0 Å². The zero-order valence-electron chi connectivity index (χ0n) is 54.7. The summed E-state index contributed by atoms with van der Waals surface area (Å²) in [7, 11) is 0. The molecule has 476 valence electrons. The summed E-state index contributed by atoms with van der Waals surface area (Å²) < 4.78 is 17.0. The van der Waals surface area contributed by atoms with Crippen LogP contribution in [-0.4, -0.2) is 37.2 Å². The summed E-state index contributed by atoms with van der Waals surface area (Å²) >= 11 is 0. The topological polar surface area (TPSA) is 78.9 Å². The molecular weight excluding hydrogens is 1020 g/mol. The van der Waals surface area contributed by atoms with Gasteiger partial charge in [-0.3, -0.25) is 14.4 Å². The molecule has 0 aromatic carbocycles. The first-order valence-electron chi connectivity index (χ1n) is 35.4. The molecule has 0 aromatic rings. The van der Waals surface area contributed by atoms with Crippen molar-refractivity contribution < 1.29 is 28.6 Å². The molecule has 0 radical (unpaired) electrons. The van der Waals surface area contributed by atoms with Crippen molar-refractivity contribution in [2.45, 2.75) is 348 Å². The van der Waals surface area contributed by atoms with E-state index in [0.717, 1.165) is 116 Å². The molecule has 0 bridgehead atoms. The molecule has 6 heteroatoms. The minimum absolute atomic E-state index is 0.0841. The first-order valence-corrected chi connectivity index (χ1v) is 35.4. The third-order valence-corrected chi connectivity index (χ3v) is 15.2. The fourth-order valence-electron chi connectivity index (χ4n) is 9.94. The van der Waals surface area contributed by atoms with Crippen LogP contribution in [-0.2, 0) is 28.6 Å². The van der Waals surface area contributed by atoms with E-state index in [1.165, 1.54) is 186 Å². The number of rotatable bonds is 64. The maximum Gasteiger partial charge on any atom is 0.306 e. The first-order chi connectivity index (χ1) is 41.0. The highest BCUT2D eigenvalue weighted by molar-refractivity contribution is 5.71. The lowest BCUT2D eigenvalue weighted by Gasteiger charge is -2.18. The van der Waals surface area contributed by atoms with Crippen molar-refractivity contribution in [1.82, 2.24) is 0 Å². The van der Waals surface area contributed by atoms with Crippen molar-refractivity contribution >= 4 is 17.9 Å². The third-order valence-electron chi connectivity index (χ3n) is 15.2. The Morgan fingerprint density at radius 3 is 0.759 bits per heavy atom. The summed E-state index contributed by atoms with van der Waals surface area (Å²) in [4.78, 5) is 38.4. The molecule has 0 N–H and O–H groups in total. The van der Waals surface area contributed by atoms with Crippen LogP contribution in [0.1, 0.15) is 342 Å². The Morgan fingerprint density at radius 1 is 0.253 bits per heavy atom. The molecule has 0 aliphatic heterocycles. The van der Waals surface area contributed by atoms with Crippen molar-refractivity contribution in [3.05, 3.63) is 109 Å². The maximum atomic E-state index is 13.0. The molecule has 0 saturated heterocycles. The maximum absolute atomic E-state index is 13.0. The van der Waals surface area contributed by atoms with Crippen LogP contribution in [0, 0.1) is 0 Å². The van der Waals surface area contributed by atoms with Gasteiger partial charge < -0.3 is 14.2 Å². The van der Waals surface area contributed by atoms with E-state index in [4.69, 9.17) is 14.2 Å². The summed E-state index contributed by atoms with van der Waals surface area (Å²) in [6.45, 7) is 6.52. The predicted octanol–water partition coefficient (Wildman–Crippen LogP) is 24.6. The first kappa shape index (κ1) is 79.1. The number of carbonyl (C=O) groups excluding carboxylic acids is 3. The molecule has 0 amide bonds. The lowest BCUT2D eigenvalue weighted by molar-refractivity contribution is -0.167. The van der Waals surface area contributed by atoms with E-state index in [0.29, 0.717) is 19.3 Å². The second-order valence-corrected chi connectivity index (χ2v) is 23.4. The van der Waals surface area contributed by atoms with E-state index in [2.05, 4.69) is 130 Å². The zero-order chi connectivity index (χ0) is 59.9. The predicted molar refractivity (Wildman–Crippen MR) is 362 cm³/mol. The lowest BCUT2D eigenvalue weighted by Crippen LogP contribution is -2.30. The van der Waals surface area contributed by atoms with Crippen LogP contribution in [0.5, 0.6) is 0 Å². The van der Waals surface area contributed by atoms with Gasteiger partial charge in [-0.1, -0.05) is 304 Å².